The summed E-state index contributed by atoms with van der Waals surface area (Å²) in [7, 11) is -3.43. The number of carboxylic acids is 1. The van der Waals surface area contributed by atoms with Gasteiger partial charge in [-0.2, -0.15) is 0 Å². The highest BCUT2D eigenvalue weighted by molar-refractivity contribution is 7.88. The Morgan fingerprint density at radius 2 is 1.46 bits per heavy atom. The van der Waals surface area contributed by atoms with Crippen molar-refractivity contribution in [3.05, 3.63) is 102 Å². The zero-order valence-corrected chi connectivity index (χ0v) is 22.6. The molecule has 0 radical (unpaired) electrons. The monoisotopic (exact) mass is 550 g/mol. The average molecular weight is 551 g/mol. The zero-order chi connectivity index (χ0) is 27.7. The fourth-order valence-corrected chi connectivity index (χ4v) is 6.25. The molecule has 9 heteroatoms. The molecule has 0 aliphatic carbocycles. The van der Waals surface area contributed by atoms with Gasteiger partial charge in [0.2, 0.25) is 15.9 Å². The van der Waals surface area contributed by atoms with E-state index in [2.05, 4.69) is 5.32 Å². The minimum atomic E-state index is -3.43. The third-order valence-corrected chi connectivity index (χ3v) is 8.73. The Labute approximate surface area is 229 Å². The van der Waals surface area contributed by atoms with Crippen molar-refractivity contribution in [2.24, 2.45) is 5.92 Å². The lowest BCUT2D eigenvalue weighted by Gasteiger charge is -2.31. The van der Waals surface area contributed by atoms with E-state index < -0.39 is 22.0 Å². The quantitative estimate of drug-likeness (QED) is 0.352. The predicted octanol–water partition coefficient (Wildman–Crippen LogP) is 4.01. The summed E-state index contributed by atoms with van der Waals surface area (Å²) in [4.78, 5) is 24.5. The van der Waals surface area contributed by atoms with Crippen LogP contribution in [0.3, 0.4) is 0 Å². The second-order valence-corrected chi connectivity index (χ2v) is 11.8. The molecule has 1 atom stereocenters. The summed E-state index contributed by atoms with van der Waals surface area (Å²) in [6, 6.07) is 25.0. The normalized spacial score (nSPS) is 15.4. The molecule has 1 unspecified atom stereocenters. The summed E-state index contributed by atoms with van der Waals surface area (Å²) in [6.07, 6.45) is 1.44. The van der Waals surface area contributed by atoms with E-state index in [1.54, 1.807) is 36.4 Å². The standard InChI is InChI=1S/C30H34N2O6S/c33-29(20-24-15-17-32(18-16-24)39(36,37)22-26-9-5-2-6-10-26)31-28(30(34)35)19-23-11-13-27(14-12-23)38-21-25-7-3-1-4-8-25/h1-14,24,28H,15-22H2,(H,31,33)(H,34,35). The molecule has 0 saturated carbocycles. The number of amides is 1. The Hall–Kier alpha value is -3.69. The van der Waals surface area contributed by atoms with Gasteiger partial charge in [0.15, 0.2) is 0 Å². The summed E-state index contributed by atoms with van der Waals surface area (Å²) in [5, 5.41) is 12.3. The highest BCUT2D eigenvalue weighted by atomic mass is 32.2. The van der Waals surface area contributed by atoms with E-state index in [1.165, 1.54) is 4.31 Å². The molecule has 1 aliphatic rings. The number of carbonyl (C=O) groups is 2. The molecule has 39 heavy (non-hydrogen) atoms. The van der Waals surface area contributed by atoms with Gasteiger partial charge in [0.25, 0.3) is 0 Å². The zero-order valence-electron chi connectivity index (χ0n) is 21.7. The fraction of sp³-hybridized carbons (Fsp3) is 0.333. The van der Waals surface area contributed by atoms with E-state index in [0.29, 0.717) is 38.3 Å². The average Bonchev–Trinajstić information content (AvgIpc) is 2.93. The smallest absolute Gasteiger partial charge is 0.326 e. The first-order chi connectivity index (χ1) is 18.8. The number of nitrogens with zero attached hydrogens (tertiary/aromatic N) is 1. The topological polar surface area (TPSA) is 113 Å². The van der Waals surface area contributed by atoms with E-state index in [1.807, 2.05) is 48.5 Å². The number of sulfonamides is 1. The molecule has 8 nitrogen and oxygen atoms in total. The summed E-state index contributed by atoms with van der Waals surface area (Å²) < 4.78 is 32.8. The van der Waals surface area contributed by atoms with Crippen LogP contribution in [0.5, 0.6) is 5.75 Å². The van der Waals surface area contributed by atoms with E-state index in [4.69, 9.17) is 4.74 Å². The number of carbonyl (C=O) groups excluding carboxylic acids is 1. The highest BCUT2D eigenvalue weighted by Gasteiger charge is 2.30. The van der Waals surface area contributed by atoms with Crippen LogP contribution in [0.25, 0.3) is 0 Å². The molecule has 1 aliphatic heterocycles. The van der Waals surface area contributed by atoms with Crippen LogP contribution in [-0.2, 0) is 38.4 Å². The molecule has 2 N–H and O–H groups in total. The molecule has 1 amide bonds. The van der Waals surface area contributed by atoms with Crippen molar-refractivity contribution in [3.63, 3.8) is 0 Å². The third-order valence-electron chi connectivity index (χ3n) is 6.88. The van der Waals surface area contributed by atoms with Crippen LogP contribution in [0.15, 0.2) is 84.9 Å². The Kier molecular flexibility index (Phi) is 9.73. The molecule has 3 aromatic rings. The van der Waals surface area contributed by atoms with Crippen LogP contribution in [0.4, 0.5) is 0 Å². The Bertz CT molecular complexity index is 1320. The van der Waals surface area contributed by atoms with E-state index >= 15 is 0 Å². The van der Waals surface area contributed by atoms with Crippen LogP contribution in [0.2, 0.25) is 0 Å². The number of ether oxygens (including phenoxy) is 1. The summed E-state index contributed by atoms with van der Waals surface area (Å²) >= 11 is 0. The van der Waals surface area contributed by atoms with Gasteiger partial charge in [0.1, 0.15) is 18.4 Å². The lowest BCUT2D eigenvalue weighted by Crippen LogP contribution is -2.44. The molecule has 0 spiro atoms. The van der Waals surface area contributed by atoms with Crippen LogP contribution in [0.1, 0.15) is 36.0 Å². The molecule has 3 aromatic carbocycles. The maximum absolute atomic E-state index is 12.8. The van der Waals surface area contributed by atoms with Gasteiger partial charge in [0, 0.05) is 25.9 Å². The predicted molar refractivity (Wildman–Crippen MR) is 148 cm³/mol. The first kappa shape index (κ1) is 28.3. The number of rotatable bonds is 12. The third kappa shape index (κ3) is 8.66. The molecular weight excluding hydrogens is 516 g/mol. The Morgan fingerprint density at radius 1 is 0.872 bits per heavy atom. The largest absolute Gasteiger partial charge is 0.489 e. The van der Waals surface area contributed by atoms with Gasteiger partial charge in [0.05, 0.1) is 5.75 Å². The molecule has 1 saturated heterocycles. The van der Waals surface area contributed by atoms with Crippen molar-refractivity contribution >= 4 is 21.9 Å². The summed E-state index contributed by atoms with van der Waals surface area (Å²) in [5.74, 6) is -0.802. The van der Waals surface area contributed by atoms with Gasteiger partial charge in [-0.15, -0.1) is 0 Å². The maximum Gasteiger partial charge on any atom is 0.326 e. The van der Waals surface area contributed by atoms with Crippen molar-refractivity contribution < 1.29 is 27.9 Å². The highest BCUT2D eigenvalue weighted by Crippen LogP contribution is 2.24. The number of aliphatic carboxylic acids is 1. The number of nitrogens with one attached hydrogen (secondary N) is 1. The van der Waals surface area contributed by atoms with Crippen LogP contribution in [0, 0.1) is 5.92 Å². The SMILES string of the molecule is O=C(CC1CCN(S(=O)(=O)Cc2ccccc2)CC1)NC(Cc1ccc(OCc2ccccc2)cc1)C(=O)O. The van der Waals surface area contributed by atoms with Crippen molar-refractivity contribution in [1.29, 1.82) is 0 Å². The second-order valence-electron chi connectivity index (χ2n) is 9.87. The van der Waals surface area contributed by atoms with Crippen LogP contribution in [-0.4, -0.2) is 48.8 Å². The van der Waals surface area contributed by atoms with Crippen molar-refractivity contribution in [3.8, 4) is 5.75 Å². The molecule has 4 rings (SSSR count). The van der Waals surface area contributed by atoms with Gasteiger partial charge in [-0.3, -0.25) is 4.79 Å². The van der Waals surface area contributed by atoms with E-state index in [9.17, 15) is 23.1 Å². The molecular formula is C30H34N2O6S. The van der Waals surface area contributed by atoms with E-state index in [-0.39, 0.29) is 30.4 Å². The molecule has 1 heterocycles. The van der Waals surface area contributed by atoms with Crippen molar-refractivity contribution in [2.45, 2.75) is 44.1 Å². The van der Waals surface area contributed by atoms with Crippen LogP contribution >= 0.6 is 0 Å². The second kappa shape index (κ2) is 13.4. The van der Waals surface area contributed by atoms with Gasteiger partial charge in [-0.1, -0.05) is 72.8 Å². The van der Waals surface area contributed by atoms with Crippen molar-refractivity contribution in [1.82, 2.24) is 9.62 Å². The number of hydrogen-bond acceptors (Lipinski definition) is 5. The van der Waals surface area contributed by atoms with Gasteiger partial charge in [-0.25, -0.2) is 17.5 Å². The lowest BCUT2D eigenvalue weighted by molar-refractivity contribution is -0.142. The number of carboxylic acid groups (broad SMARTS) is 1. The minimum absolute atomic E-state index is 0.00340. The molecule has 206 valence electrons. The number of benzene rings is 3. The minimum Gasteiger partial charge on any atom is -0.489 e. The molecule has 1 fully saturated rings. The molecule has 0 bridgehead atoms. The fourth-order valence-electron chi connectivity index (χ4n) is 4.68. The lowest BCUT2D eigenvalue weighted by atomic mass is 9.94. The van der Waals surface area contributed by atoms with Crippen molar-refractivity contribution in [2.75, 3.05) is 13.1 Å². The van der Waals surface area contributed by atoms with Gasteiger partial charge in [-0.05, 0) is 47.6 Å². The molecule has 0 aromatic heterocycles. The maximum atomic E-state index is 12.8. The number of piperidine rings is 1. The van der Waals surface area contributed by atoms with E-state index in [0.717, 1.165) is 16.7 Å². The first-order valence-corrected chi connectivity index (χ1v) is 14.7. The number of hydrogen-bond donors (Lipinski definition) is 2. The Balaban J connectivity index is 1.23. The first-order valence-electron chi connectivity index (χ1n) is 13.1. The summed E-state index contributed by atoms with van der Waals surface area (Å²) in [6.45, 7) is 1.15. The summed E-state index contributed by atoms with van der Waals surface area (Å²) in [5.41, 5.74) is 2.56. The van der Waals surface area contributed by atoms with Gasteiger partial charge < -0.3 is 15.2 Å². The van der Waals surface area contributed by atoms with Crippen LogP contribution < -0.4 is 10.1 Å². The Morgan fingerprint density at radius 3 is 2.05 bits per heavy atom. The van der Waals surface area contributed by atoms with Gasteiger partial charge >= 0.3 is 5.97 Å².